The molecule has 1 aromatic carbocycles. The van der Waals surface area contributed by atoms with Gasteiger partial charge in [0.1, 0.15) is 5.75 Å². The molecule has 0 saturated heterocycles. The molecule has 0 aliphatic rings. The Morgan fingerprint density at radius 2 is 1.94 bits per heavy atom. The number of carbonyl (C=O) groups is 1. The lowest BCUT2D eigenvalue weighted by atomic mass is 10.2. The molecule has 0 radical (unpaired) electrons. The predicted molar refractivity (Wildman–Crippen MR) is 70.9 cm³/mol. The number of hydrogen-bond acceptors (Lipinski definition) is 3. The van der Waals surface area contributed by atoms with E-state index in [0.29, 0.717) is 18.7 Å². The summed E-state index contributed by atoms with van der Waals surface area (Å²) in [6.07, 6.45) is 2.61. The summed E-state index contributed by atoms with van der Waals surface area (Å²) in [4.78, 5) is 11.7. The first kappa shape index (κ1) is 14.5. The predicted octanol–water partition coefficient (Wildman–Crippen LogP) is 1.98. The number of aliphatic hydroxyl groups is 1. The number of unbranched alkanes of at least 4 members (excludes halogenated alkanes) is 2. The van der Waals surface area contributed by atoms with E-state index < -0.39 is 0 Å². The summed E-state index contributed by atoms with van der Waals surface area (Å²) in [5.74, 6) is 0.707. The lowest BCUT2D eigenvalue weighted by Gasteiger charge is -2.06. The normalized spacial score (nSPS) is 10.1. The second-order valence-electron chi connectivity index (χ2n) is 4.00. The number of nitrogens with one attached hydrogen (secondary N) is 1. The van der Waals surface area contributed by atoms with Gasteiger partial charge in [0.25, 0.3) is 5.91 Å². The largest absolute Gasteiger partial charge is 0.494 e. The van der Waals surface area contributed by atoms with E-state index in [4.69, 9.17) is 9.84 Å². The van der Waals surface area contributed by atoms with Crippen molar-refractivity contribution in [2.45, 2.75) is 26.2 Å². The fraction of sp³-hybridized carbons (Fsp3) is 0.500. The summed E-state index contributed by atoms with van der Waals surface area (Å²) in [7, 11) is 0. The van der Waals surface area contributed by atoms with Crippen molar-refractivity contribution in [2.75, 3.05) is 19.8 Å². The van der Waals surface area contributed by atoms with E-state index in [9.17, 15) is 4.79 Å². The van der Waals surface area contributed by atoms with Crippen molar-refractivity contribution in [3.8, 4) is 5.75 Å². The van der Waals surface area contributed by atoms with E-state index >= 15 is 0 Å². The molecule has 0 saturated carbocycles. The van der Waals surface area contributed by atoms with Gasteiger partial charge >= 0.3 is 0 Å². The molecule has 0 aliphatic heterocycles. The van der Waals surface area contributed by atoms with Gasteiger partial charge in [-0.05, 0) is 50.5 Å². The van der Waals surface area contributed by atoms with Gasteiger partial charge in [-0.1, -0.05) is 0 Å². The summed E-state index contributed by atoms with van der Waals surface area (Å²) >= 11 is 0. The number of aliphatic hydroxyl groups excluding tert-OH is 1. The molecule has 0 atom stereocenters. The minimum atomic E-state index is -0.0675. The van der Waals surface area contributed by atoms with Crippen molar-refractivity contribution < 1.29 is 14.6 Å². The van der Waals surface area contributed by atoms with Gasteiger partial charge in [0.05, 0.1) is 6.61 Å². The molecule has 4 nitrogen and oxygen atoms in total. The maximum absolute atomic E-state index is 11.7. The summed E-state index contributed by atoms with van der Waals surface area (Å²) in [6.45, 7) is 3.41. The van der Waals surface area contributed by atoms with Gasteiger partial charge in [-0.15, -0.1) is 0 Å². The molecule has 100 valence electrons. The topological polar surface area (TPSA) is 58.6 Å². The van der Waals surface area contributed by atoms with Crippen LogP contribution in [0.1, 0.15) is 36.5 Å². The standard InChI is InChI=1S/C14H21NO3/c1-2-18-13-8-6-12(7-9-13)14(17)15-10-4-3-5-11-16/h6-9,16H,2-5,10-11H2,1H3,(H,15,17). The number of amides is 1. The molecule has 2 N–H and O–H groups in total. The van der Waals surface area contributed by atoms with Crippen LogP contribution in [0.3, 0.4) is 0 Å². The average Bonchev–Trinajstić information content (AvgIpc) is 2.39. The van der Waals surface area contributed by atoms with E-state index in [0.717, 1.165) is 25.0 Å². The zero-order valence-electron chi connectivity index (χ0n) is 10.8. The molecule has 0 aromatic heterocycles. The van der Waals surface area contributed by atoms with Crippen molar-refractivity contribution in [2.24, 2.45) is 0 Å². The Hall–Kier alpha value is -1.55. The van der Waals surface area contributed by atoms with Gasteiger partial charge in [0.15, 0.2) is 0 Å². The highest BCUT2D eigenvalue weighted by Crippen LogP contribution is 2.11. The maximum atomic E-state index is 11.7. The molecule has 18 heavy (non-hydrogen) atoms. The monoisotopic (exact) mass is 251 g/mol. The Labute approximate surface area is 108 Å². The van der Waals surface area contributed by atoms with Gasteiger partial charge in [-0.3, -0.25) is 4.79 Å². The summed E-state index contributed by atoms with van der Waals surface area (Å²) < 4.78 is 5.31. The molecule has 1 aromatic rings. The SMILES string of the molecule is CCOc1ccc(C(=O)NCCCCCO)cc1. The van der Waals surface area contributed by atoms with E-state index in [1.165, 1.54) is 0 Å². The van der Waals surface area contributed by atoms with Gasteiger partial charge in [0, 0.05) is 18.7 Å². The van der Waals surface area contributed by atoms with Crippen molar-refractivity contribution in [1.82, 2.24) is 5.32 Å². The van der Waals surface area contributed by atoms with Crippen LogP contribution in [0, 0.1) is 0 Å². The number of benzene rings is 1. The zero-order valence-corrected chi connectivity index (χ0v) is 10.8. The van der Waals surface area contributed by atoms with E-state index in [1.54, 1.807) is 24.3 Å². The van der Waals surface area contributed by atoms with Gasteiger partial charge < -0.3 is 15.2 Å². The van der Waals surface area contributed by atoms with Crippen molar-refractivity contribution in [1.29, 1.82) is 0 Å². The number of carbonyl (C=O) groups excluding carboxylic acids is 1. The zero-order chi connectivity index (χ0) is 13.2. The molecular weight excluding hydrogens is 230 g/mol. The highest BCUT2D eigenvalue weighted by atomic mass is 16.5. The molecule has 0 heterocycles. The van der Waals surface area contributed by atoms with Crippen molar-refractivity contribution >= 4 is 5.91 Å². The highest BCUT2D eigenvalue weighted by Gasteiger charge is 2.04. The smallest absolute Gasteiger partial charge is 0.251 e. The molecule has 0 unspecified atom stereocenters. The Bertz CT molecular complexity index is 349. The van der Waals surface area contributed by atoms with Crippen LogP contribution < -0.4 is 10.1 Å². The minimum Gasteiger partial charge on any atom is -0.494 e. The molecule has 0 fully saturated rings. The van der Waals surface area contributed by atoms with E-state index in [2.05, 4.69) is 5.32 Å². The summed E-state index contributed by atoms with van der Waals surface area (Å²) in [6, 6.07) is 7.11. The number of ether oxygens (including phenoxy) is 1. The van der Waals surface area contributed by atoms with Crippen molar-refractivity contribution in [3.63, 3.8) is 0 Å². The first-order chi connectivity index (χ1) is 8.77. The molecule has 1 amide bonds. The fourth-order valence-corrected chi connectivity index (χ4v) is 1.59. The molecular formula is C14H21NO3. The Morgan fingerprint density at radius 1 is 1.22 bits per heavy atom. The van der Waals surface area contributed by atoms with Gasteiger partial charge in [0.2, 0.25) is 0 Å². The van der Waals surface area contributed by atoms with Crippen LogP contribution in [0.25, 0.3) is 0 Å². The van der Waals surface area contributed by atoms with Crippen LogP contribution in [0.4, 0.5) is 0 Å². The fourth-order valence-electron chi connectivity index (χ4n) is 1.59. The second kappa shape index (κ2) is 8.53. The quantitative estimate of drug-likeness (QED) is 0.695. The summed E-state index contributed by atoms with van der Waals surface area (Å²) in [5.41, 5.74) is 0.639. The van der Waals surface area contributed by atoms with E-state index in [1.807, 2.05) is 6.92 Å². The minimum absolute atomic E-state index is 0.0675. The van der Waals surface area contributed by atoms with Crippen LogP contribution >= 0.6 is 0 Å². The van der Waals surface area contributed by atoms with Gasteiger partial charge in [-0.25, -0.2) is 0 Å². The van der Waals surface area contributed by atoms with Crippen LogP contribution in [0.15, 0.2) is 24.3 Å². The van der Waals surface area contributed by atoms with Crippen molar-refractivity contribution in [3.05, 3.63) is 29.8 Å². The third-order valence-corrected chi connectivity index (χ3v) is 2.55. The molecule has 0 aliphatic carbocycles. The number of hydrogen-bond donors (Lipinski definition) is 2. The molecule has 0 bridgehead atoms. The Kier molecular flexibility index (Phi) is 6.87. The summed E-state index contributed by atoms with van der Waals surface area (Å²) in [5, 5.41) is 11.5. The van der Waals surface area contributed by atoms with Crippen LogP contribution in [-0.4, -0.2) is 30.8 Å². The molecule has 0 spiro atoms. The first-order valence-corrected chi connectivity index (χ1v) is 6.40. The molecule has 4 heteroatoms. The van der Waals surface area contributed by atoms with Gasteiger partial charge in [-0.2, -0.15) is 0 Å². The van der Waals surface area contributed by atoms with Crippen LogP contribution in [0.5, 0.6) is 5.75 Å². The van der Waals surface area contributed by atoms with E-state index in [-0.39, 0.29) is 12.5 Å². The Balaban J connectivity index is 2.32. The van der Waals surface area contributed by atoms with Crippen LogP contribution in [-0.2, 0) is 0 Å². The highest BCUT2D eigenvalue weighted by molar-refractivity contribution is 5.94. The lowest BCUT2D eigenvalue weighted by Crippen LogP contribution is -2.24. The second-order valence-corrected chi connectivity index (χ2v) is 4.00. The first-order valence-electron chi connectivity index (χ1n) is 6.40. The third kappa shape index (κ3) is 5.19. The van der Waals surface area contributed by atoms with Crippen LogP contribution in [0.2, 0.25) is 0 Å². The molecule has 1 rings (SSSR count). The average molecular weight is 251 g/mol. The lowest BCUT2D eigenvalue weighted by molar-refractivity contribution is 0.0953. The third-order valence-electron chi connectivity index (χ3n) is 2.55. The maximum Gasteiger partial charge on any atom is 0.251 e. The number of rotatable bonds is 8. The Morgan fingerprint density at radius 3 is 2.56 bits per heavy atom.